The molecule has 1 atom stereocenters. The van der Waals surface area contributed by atoms with Gasteiger partial charge in [-0.15, -0.1) is 0 Å². The van der Waals surface area contributed by atoms with Crippen LogP contribution in [-0.2, 0) is 6.42 Å². The highest BCUT2D eigenvalue weighted by molar-refractivity contribution is 5.22. The second kappa shape index (κ2) is 3.71. The SMILES string of the molecule is OC1C=C(Cc2ccncc2)CC1. The third-order valence-corrected chi connectivity index (χ3v) is 2.37. The predicted molar refractivity (Wildman–Crippen MR) is 51.3 cm³/mol. The fourth-order valence-electron chi connectivity index (χ4n) is 1.68. The Morgan fingerprint density at radius 3 is 2.77 bits per heavy atom. The van der Waals surface area contributed by atoms with Crippen LogP contribution in [0.2, 0.25) is 0 Å². The summed E-state index contributed by atoms with van der Waals surface area (Å²) in [6.45, 7) is 0. The summed E-state index contributed by atoms with van der Waals surface area (Å²) in [5.74, 6) is 0. The van der Waals surface area contributed by atoms with Gasteiger partial charge in [-0.1, -0.05) is 11.6 Å². The van der Waals surface area contributed by atoms with Crippen LogP contribution in [0, 0.1) is 0 Å². The van der Waals surface area contributed by atoms with Crippen molar-refractivity contribution in [1.82, 2.24) is 4.98 Å². The van der Waals surface area contributed by atoms with Crippen molar-refractivity contribution in [1.29, 1.82) is 0 Å². The summed E-state index contributed by atoms with van der Waals surface area (Å²) < 4.78 is 0. The third-order valence-electron chi connectivity index (χ3n) is 2.37. The highest BCUT2D eigenvalue weighted by Gasteiger charge is 2.12. The second-order valence-electron chi connectivity index (χ2n) is 3.46. The average Bonchev–Trinajstić information content (AvgIpc) is 2.53. The largest absolute Gasteiger partial charge is 0.389 e. The van der Waals surface area contributed by atoms with Gasteiger partial charge in [-0.05, 0) is 37.0 Å². The number of allylic oxidation sites excluding steroid dienone is 1. The number of pyridine rings is 1. The molecule has 0 aromatic carbocycles. The summed E-state index contributed by atoms with van der Waals surface area (Å²) in [7, 11) is 0. The first kappa shape index (κ1) is 8.45. The van der Waals surface area contributed by atoms with E-state index < -0.39 is 0 Å². The van der Waals surface area contributed by atoms with Gasteiger partial charge in [-0.2, -0.15) is 0 Å². The molecule has 1 aromatic rings. The minimum Gasteiger partial charge on any atom is -0.389 e. The lowest BCUT2D eigenvalue weighted by Gasteiger charge is -2.00. The third kappa shape index (κ3) is 2.16. The van der Waals surface area contributed by atoms with Crippen molar-refractivity contribution in [2.24, 2.45) is 0 Å². The normalized spacial score (nSPS) is 21.6. The quantitative estimate of drug-likeness (QED) is 0.694. The van der Waals surface area contributed by atoms with Crippen molar-refractivity contribution in [2.75, 3.05) is 0 Å². The molecule has 0 saturated carbocycles. The summed E-state index contributed by atoms with van der Waals surface area (Å²) in [6.07, 6.45) is 8.25. The van der Waals surface area contributed by atoms with Gasteiger partial charge in [0.15, 0.2) is 0 Å². The first-order valence-electron chi connectivity index (χ1n) is 4.61. The van der Waals surface area contributed by atoms with E-state index in [0.717, 1.165) is 19.3 Å². The number of rotatable bonds is 2. The Morgan fingerprint density at radius 2 is 2.15 bits per heavy atom. The first-order valence-corrected chi connectivity index (χ1v) is 4.61. The van der Waals surface area contributed by atoms with E-state index in [-0.39, 0.29) is 6.10 Å². The molecule has 1 aliphatic carbocycles. The molecule has 2 rings (SSSR count). The van der Waals surface area contributed by atoms with E-state index in [4.69, 9.17) is 0 Å². The Bertz CT molecular complexity index is 305. The number of aliphatic hydroxyl groups excluding tert-OH is 1. The maximum atomic E-state index is 9.29. The fraction of sp³-hybridized carbons (Fsp3) is 0.364. The maximum Gasteiger partial charge on any atom is 0.0726 e. The molecule has 1 N–H and O–H groups in total. The highest BCUT2D eigenvalue weighted by Crippen LogP contribution is 2.21. The van der Waals surface area contributed by atoms with Gasteiger partial charge in [-0.3, -0.25) is 4.98 Å². The van der Waals surface area contributed by atoms with Crippen LogP contribution in [0.25, 0.3) is 0 Å². The van der Waals surface area contributed by atoms with Gasteiger partial charge >= 0.3 is 0 Å². The monoisotopic (exact) mass is 175 g/mol. The zero-order chi connectivity index (χ0) is 9.10. The van der Waals surface area contributed by atoms with Gasteiger partial charge < -0.3 is 5.11 Å². The van der Waals surface area contributed by atoms with E-state index in [0.29, 0.717) is 0 Å². The fourth-order valence-corrected chi connectivity index (χ4v) is 1.68. The predicted octanol–water partition coefficient (Wildman–Crippen LogP) is 1.71. The van der Waals surface area contributed by atoms with Crippen LogP contribution >= 0.6 is 0 Å². The molecule has 2 nitrogen and oxygen atoms in total. The minimum absolute atomic E-state index is 0.211. The van der Waals surface area contributed by atoms with Crippen LogP contribution < -0.4 is 0 Å². The number of aliphatic hydroxyl groups is 1. The standard InChI is InChI=1S/C11H13NO/c13-11-2-1-10(8-11)7-9-3-5-12-6-4-9/h3-6,8,11,13H,1-2,7H2. The van der Waals surface area contributed by atoms with Crippen LogP contribution in [0.5, 0.6) is 0 Å². The lowest BCUT2D eigenvalue weighted by molar-refractivity contribution is 0.223. The molecule has 0 spiro atoms. The molecule has 1 heterocycles. The molecule has 68 valence electrons. The van der Waals surface area contributed by atoms with Crippen molar-refractivity contribution >= 4 is 0 Å². The van der Waals surface area contributed by atoms with E-state index >= 15 is 0 Å². The number of hydrogen-bond acceptors (Lipinski definition) is 2. The molecule has 1 aromatic heterocycles. The molecule has 0 aliphatic heterocycles. The summed E-state index contributed by atoms with van der Waals surface area (Å²) in [5.41, 5.74) is 2.62. The van der Waals surface area contributed by atoms with Gasteiger partial charge in [0.2, 0.25) is 0 Å². The molecular weight excluding hydrogens is 162 g/mol. The molecule has 1 unspecified atom stereocenters. The summed E-state index contributed by atoms with van der Waals surface area (Å²) >= 11 is 0. The molecule has 0 saturated heterocycles. The average molecular weight is 175 g/mol. The topological polar surface area (TPSA) is 33.1 Å². The van der Waals surface area contributed by atoms with Crippen molar-refractivity contribution in [3.8, 4) is 0 Å². The Hall–Kier alpha value is -1.15. The molecular formula is C11H13NO. The van der Waals surface area contributed by atoms with E-state index in [9.17, 15) is 5.11 Å². The van der Waals surface area contributed by atoms with Gasteiger partial charge in [-0.25, -0.2) is 0 Å². The van der Waals surface area contributed by atoms with Gasteiger partial charge in [0.25, 0.3) is 0 Å². The summed E-state index contributed by atoms with van der Waals surface area (Å²) in [4.78, 5) is 3.97. The van der Waals surface area contributed by atoms with E-state index in [1.807, 2.05) is 18.2 Å². The van der Waals surface area contributed by atoms with Gasteiger partial charge in [0.05, 0.1) is 6.10 Å². The van der Waals surface area contributed by atoms with E-state index in [2.05, 4.69) is 4.98 Å². The number of nitrogens with zero attached hydrogens (tertiary/aromatic N) is 1. The zero-order valence-electron chi connectivity index (χ0n) is 7.48. The van der Waals surface area contributed by atoms with Crippen LogP contribution in [-0.4, -0.2) is 16.2 Å². The zero-order valence-corrected chi connectivity index (χ0v) is 7.48. The highest BCUT2D eigenvalue weighted by atomic mass is 16.3. The van der Waals surface area contributed by atoms with Crippen molar-refractivity contribution in [2.45, 2.75) is 25.4 Å². The van der Waals surface area contributed by atoms with Crippen LogP contribution in [0.1, 0.15) is 18.4 Å². The summed E-state index contributed by atoms with van der Waals surface area (Å²) in [5, 5.41) is 9.29. The maximum absolute atomic E-state index is 9.29. The van der Waals surface area contributed by atoms with Gasteiger partial charge in [0.1, 0.15) is 0 Å². The van der Waals surface area contributed by atoms with Crippen molar-refractivity contribution in [3.05, 3.63) is 41.7 Å². The van der Waals surface area contributed by atoms with Crippen LogP contribution in [0.15, 0.2) is 36.2 Å². The molecule has 0 radical (unpaired) electrons. The van der Waals surface area contributed by atoms with Crippen LogP contribution in [0.3, 0.4) is 0 Å². The van der Waals surface area contributed by atoms with Crippen molar-refractivity contribution in [3.63, 3.8) is 0 Å². The molecule has 2 heteroatoms. The van der Waals surface area contributed by atoms with Gasteiger partial charge in [0, 0.05) is 12.4 Å². The first-order chi connectivity index (χ1) is 6.34. The molecule has 1 aliphatic rings. The van der Waals surface area contributed by atoms with E-state index in [1.165, 1.54) is 11.1 Å². The Kier molecular flexibility index (Phi) is 2.41. The Balaban J connectivity index is 2.03. The lowest BCUT2D eigenvalue weighted by Crippen LogP contribution is -1.93. The second-order valence-corrected chi connectivity index (χ2v) is 3.46. The Morgan fingerprint density at radius 1 is 1.38 bits per heavy atom. The molecule has 0 fully saturated rings. The molecule has 13 heavy (non-hydrogen) atoms. The minimum atomic E-state index is -0.211. The Labute approximate surface area is 77.9 Å². The smallest absolute Gasteiger partial charge is 0.0726 e. The molecule has 0 amide bonds. The van der Waals surface area contributed by atoms with Crippen LogP contribution in [0.4, 0.5) is 0 Å². The number of aromatic nitrogens is 1. The number of hydrogen-bond donors (Lipinski definition) is 1. The summed E-state index contributed by atoms with van der Waals surface area (Å²) in [6, 6.07) is 4.04. The lowest BCUT2D eigenvalue weighted by atomic mass is 10.1. The van der Waals surface area contributed by atoms with E-state index in [1.54, 1.807) is 12.4 Å². The van der Waals surface area contributed by atoms with Crippen molar-refractivity contribution < 1.29 is 5.11 Å². The molecule has 0 bridgehead atoms.